The Balaban J connectivity index is 1.77. The van der Waals surface area contributed by atoms with Crippen molar-refractivity contribution in [1.82, 2.24) is 14.7 Å². The molecule has 1 atom stereocenters. The lowest BCUT2D eigenvalue weighted by molar-refractivity contribution is -0.152. The molecular weight excluding hydrogens is 290 g/mol. The molecule has 2 rings (SSSR count). The zero-order valence-corrected chi connectivity index (χ0v) is 15.3. The smallest absolute Gasteiger partial charge is 0.324 e. The van der Waals surface area contributed by atoms with Crippen molar-refractivity contribution in [2.45, 2.75) is 57.5 Å². The van der Waals surface area contributed by atoms with Crippen LogP contribution in [0.1, 0.15) is 45.4 Å². The number of likely N-dealkylation sites (N-methyl/N-ethyl adjacent to an activating group) is 1. The van der Waals surface area contributed by atoms with Crippen LogP contribution in [0.4, 0.5) is 0 Å². The molecule has 5 nitrogen and oxygen atoms in total. The molecule has 2 heterocycles. The molecule has 0 bridgehead atoms. The summed E-state index contributed by atoms with van der Waals surface area (Å²) in [6.45, 7) is 7.98. The maximum absolute atomic E-state index is 12.4. The Kier molecular flexibility index (Phi) is 7.80. The third-order valence-corrected chi connectivity index (χ3v) is 5.40. The standard InChI is InChI=1S/C18H35N3O2/c1-4-5-6-7-14-23-18(22)17-15-21(13-12-20(17)3)16-8-10-19(2)11-9-16/h16-17H,4-15H2,1-3H3. The van der Waals surface area contributed by atoms with Crippen LogP contribution in [0.15, 0.2) is 0 Å². The molecule has 5 heteroatoms. The summed E-state index contributed by atoms with van der Waals surface area (Å²) in [7, 11) is 4.24. The maximum Gasteiger partial charge on any atom is 0.324 e. The number of rotatable bonds is 7. The molecule has 23 heavy (non-hydrogen) atoms. The number of carbonyl (C=O) groups is 1. The summed E-state index contributed by atoms with van der Waals surface area (Å²) in [6, 6.07) is 0.550. The van der Waals surface area contributed by atoms with Gasteiger partial charge >= 0.3 is 5.97 Å². The van der Waals surface area contributed by atoms with E-state index < -0.39 is 0 Å². The van der Waals surface area contributed by atoms with Gasteiger partial charge in [0.2, 0.25) is 0 Å². The number of hydrogen-bond donors (Lipinski definition) is 0. The Hall–Kier alpha value is -0.650. The summed E-state index contributed by atoms with van der Waals surface area (Å²) in [5.74, 6) is -0.0263. The first kappa shape index (κ1) is 18.7. The maximum atomic E-state index is 12.4. The van der Waals surface area contributed by atoms with Gasteiger partial charge in [-0.2, -0.15) is 0 Å². The number of nitrogens with zero attached hydrogens (tertiary/aromatic N) is 3. The van der Waals surface area contributed by atoms with Gasteiger partial charge in [0.05, 0.1) is 6.61 Å². The predicted molar refractivity (Wildman–Crippen MR) is 93.6 cm³/mol. The second-order valence-corrected chi connectivity index (χ2v) is 7.25. The van der Waals surface area contributed by atoms with Gasteiger partial charge < -0.3 is 9.64 Å². The molecule has 0 aromatic heterocycles. The van der Waals surface area contributed by atoms with Crippen molar-refractivity contribution in [3.05, 3.63) is 0 Å². The fourth-order valence-corrected chi connectivity index (χ4v) is 3.64. The fraction of sp³-hybridized carbons (Fsp3) is 0.944. The number of ether oxygens (including phenoxy) is 1. The Labute approximate surface area is 141 Å². The van der Waals surface area contributed by atoms with E-state index in [1.807, 2.05) is 0 Å². The van der Waals surface area contributed by atoms with Crippen molar-refractivity contribution >= 4 is 5.97 Å². The predicted octanol–water partition coefficient (Wildman–Crippen LogP) is 1.82. The van der Waals surface area contributed by atoms with Crippen LogP contribution in [0.3, 0.4) is 0 Å². The molecule has 0 aromatic rings. The third kappa shape index (κ3) is 5.73. The molecule has 0 N–H and O–H groups in total. The van der Waals surface area contributed by atoms with Gasteiger partial charge in [0, 0.05) is 25.7 Å². The lowest BCUT2D eigenvalue weighted by Crippen LogP contribution is -2.58. The van der Waals surface area contributed by atoms with Gasteiger partial charge in [-0.15, -0.1) is 0 Å². The first-order chi connectivity index (χ1) is 11.1. The van der Waals surface area contributed by atoms with E-state index >= 15 is 0 Å². The number of piperidine rings is 1. The van der Waals surface area contributed by atoms with E-state index in [-0.39, 0.29) is 12.0 Å². The van der Waals surface area contributed by atoms with Crippen LogP contribution in [-0.4, -0.2) is 86.2 Å². The van der Waals surface area contributed by atoms with Gasteiger partial charge in [-0.1, -0.05) is 26.2 Å². The van der Waals surface area contributed by atoms with E-state index in [1.54, 1.807) is 0 Å². The summed E-state index contributed by atoms with van der Waals surface area (Å²) in [6.07, 6.45) is 7.04. The normalized spacial score (nSPS) is 25.6. The number of piperazine rings is 1. The molecule has 1 unspecified atom stereocenters. The highest BCUT2D eigenvalue weighted by Gasteiger charge is 2.34. The lowest BCUT2D eigenvalue weighted by atomic mass is 10.0. The molecule has 0 saturated carbocycles. The lowest BCUT2D eigenvalue weighted by Gasteiger charge is -2.44. The summed E-state index contributed by atoms with van der Waals surface area (Å²) < 4.78 is 5.54. The second-order valence-electron chi connectivity index (χ2n) is 7.25. The summed E-state index contributed by atoms with van der Waals surface area (Å²) in [5, 5.41) is 0. The third-order valence-electron chi connectivity index (χ3n) is 5.40. The fourth-order valence-electron chi connectivity index (χ4n) is 3.64. The van der Waals surface area contributed by atoms with Gasteiger partial charge in [0.1, 0.15) is 6.04 Å². The molecule has 0 spiro atoms. The van der Waals surface area contributed by atoms with E-state index in [2.05, 4.69) is 35.7 Å². The van der Waals surface area contributed by atoms with Crippen molar-refractivity contribution in [1.29, 1.82) is 0 Å². The van der Waals surface area contributed by atoms with Gasteiger partial charge in [0.25, 0.3) is 0 Å². The van der Waals surface area contributed by atoms with Crippen molar-refractivity contribution in [3.8, 4) is 0 Å². The van der Waals surface area contributed by atoms with Gasteiger partial charge in [-0.3, -0.25) is 14.6 Å². The molecule has 2 aliphatic heterocycles. The summed E-state index contributed by atoms with van der Waals surface area (Å²) >= 11 is 0. The van der Waals surface area contributed by atoms with Gasteiger partial charge in [0.15, 0.2) is 0 Å². The van der Waals surface area contributed by atoms with Crippen LogP contribution >= 0.6 is 0 Å². The second kappa shape index (κ2) is 9.60. The quantitative estimate of drug-likeness (QED) is 0.527. The first-order valence-electron chi connectivity index (χ1n) is 9.41. The van der Waals surface area contributed by atoms with Crippen LogP contribution in [0.2, 0.25) is 0 Å². The average molecular weight is 325 g/mol. The number of likely N-dealkylation sites (tertiary alicyclic amines) is 1. The number of esters is 1. The molecule has 0 aromatic carbocycles. The van der Waals surface area contributed by atoms with Crippen molar-refractivity contribution in [3.63, 3.8) is 0 Å². The molecule has 0 radical (unpaired) electrons. The van der Waals surface area contributed by atoms with Crippen molar-refractivity contribution < 1.29 is 9.53 Å². The molecule has 0 amide bonds. The Morgan fingerprint density at radius 3 is 2.48 bits per heavy atom. The van der Waals surface area contributed by atoms with E-state index in [0.29, 0.717) is 12.6 Å². The minimum absolute atomic E-state index is 0.0263. The van der Waals surface area contributed by atoms with Crippen LogP contribution in [0, 0.1) is 0 Å². The van der Waals surface area contributed by atoms with E-state index in [9.17, 15) is 4.79 Å². The molecule has 2 saturated heterocycles. The van der Waals surface area contributed by atoms with Crippen LogP contribution in [-0.2, 0) is 9.53 Å². The van der Waals surface area contributed by atoms with E-state index in [1.165, 1.54) is 38.8 Å². The minimum atomic E-state index is -0.0884. The van der Waals surface area contributed by atoms with Crippen molar-refractivity contribution in [2.24, 2.45) is 0 Å². The highest BCUT2D eigenvalue weighted by atomic mass is 16.5. The molecule has 0 aliphatic carbocycles. The number of carbonyl (C=O) groups excluding carboxylic acids is 1. The topological polar surface area (TPSA) is 36.0 Å². The first-order valence-corrected chi connectivity index (χ1v) is 9.41. The largest absolute Gasteiger partial charge is 0.464 e. The molecule has 2 aliphatic rings. The SMILES string of the molecule is CCCCCCOC(=O)C1CN(C2CCN(C)CC2)CCN1C. The monoisotopic (exact) mass is 325 g/mol. The highest BCUT2D eigenvalue weighted by molar-refractivity contribution is 5.76. The number of unbranched alkanes of at least 4 members (excludes halogenated alkanes) is 3. The van der Waals surface area contributed by atoms with E-state index in [4.69, 9.17) is 4.74 Å². The van der Waals surface area contributed by atoms with Crippen LogP contribution < -0.4 is 0 Å². The minimum Gasteiger partial charge on any atom is -0.464 e. The van der Waals surface area contributed by atoms with Gasteiger partial charge in [-0.25, -0.2) is 0 Å². The zero-order valence-electron chi connectivity index (χ0n) is 15.3. The molecule has 2 fully saturated rings. The highest BCUT2D eigenvalue weighted by Crippen LogP contribution is 2.20. The summed E-state index contributed by atoms with van der Waals surface area (Å²) in [5.41, 5.74) is 0. The number of hydrogen-bond acceptors (Lipinski definition) is 5. The Morgan fingerprint density at radius 1 is 1.04 bits per heavy atom. The van der Waals surface area contributed by atoms with Gasteiger partial charge in [-0.05, 0) is 46.4 Å². The van der Waals surface area contributed by atoms with Crippen LogP contribution in [0.25, 0.3) is 0 Å². The van der Waals surface area contributed by atoms with E-state index in [0.717, 1.165) is 32.5 Å². The molecular formula is C18H35N3O2. The van der Waals surface area contributed by atoms with Crippen molar-refractivity contribution in [2.75, 3.05) is 53.4 Å². The average Bonchev–Trinajstić information content (AvgIpc) is 2.56. The molecule has 134 valence electrons. The Morgan fingerprint density at radius 2 is 1.78 bits per heavy atom. The summed E-state index contributed by atoms with van der Waals surface area (Å²) in [4.78, 5) is 19.5. The Bertz CT molecular complexity index is 356. The van der Waals surface area contributed by atoms with Crippen LogP contribution in [0.5, 0.6) is 0 Å². The zero-order chi connectivity index (χ0) is 16.7.